The molecule has 112 valence electrons. The Labute approximate surface area is 129 Å². The topological polar surface area (TPSA) is 55.5 Å². The zero-order valence-electron chi connectivity index (χ0n) is 12.5. The first-order chi connectivity index (χ1) is 10.7. The number of aromatic nitrogens is 1. The van der Waals surface area contributed by atoms with E-state index in [-0.39, 0.29) is 6.61 Å². The third kappa shape index (κ3) is 2.49. The first-order valence-corrected chi connectivity index (χ1v) is 7.04. The molecule has 3 aromatic rings. The summed E-state index contributed by atoms with van der Waals surface area (Å²) in [6, 6.07) is 15.5. The average Bonchev–Trinajstić information content (AvgIpc) is 2.98. The van der Waals surface area contributed by atoms with Crippen LogP contribution in [0.2, 0.25) is 0 Å². The number of para-hydroxylation sites is 1. The number of rotatable bonds is 4. The second-order valence-electron chi connectivity index (χ2n) is 5.07. The Bertz CT molecular complexity index is 793. The van der Waals surface area contributed by atoms with Crippen molar-refractivity contribution >= 4 is 0 Å². The molecule has 0 aliphatic carbocycles. The quantitative estimate of drug-likeness (QED) is 0.795. The number of aliphatic hydroxyl groups excluding tert-OH is 1. The molecule has 0 saturated carbocycles. The Morgan fingerprint density at radius 2 is 1.95 bits per heavy atom. The van der Waals surface area contributed by atoms with Gasteiger partial charge < -0.3 is 14.4 Å². The molecule has 2 aromatic carbocycles. The van der Waals surface area contributed by atoms with E-state index in [9.17, 15) is 5.11 Å². The highest BCUT2D eigenvalue weighted by molar-refractivity contribution is 5.76. The number of methoxy groups -OCH3 is 1. The highest BCUT2D eigenvalue weighted by Gasteiger charge is 2.20. The van der Waals surface area contributed by atoms with Crippen molar-refractivity contribution < 1.29 is 14.4 Å². The van der Waals surface area contributed by atoms with Gasteiger partial charge in [0, 0.05) is 11.1 Å². The molecule has 4 nitrogen and oxygen atoms in total. The summed E-state index contributed by atoms with van der Waals surface area (Å²) in [7, 11) is 1.61. The summed E-state index contributed by atoms with van der Waals surface area (Å²) < 4.78 is 10.9. The smallest absolute Gasteiger partial charge is 0.173 e. The number of nitrogens with zero attached hydrogens (tertiary/aromatic N) is 1. The van der Waals surface area contributed by atoms with E-state index in [1.807, 2.05) is 55.5 Å². The van der Waals surface area contributed by atoms with Crippen LogP contribution in [0.4, 0.5) is 0 Å². The lowest BCUT2D eigenvalue weighted by atomic mass is 10.0. The Morgan fingerprint density at radius 1 is 1.14 bits per heavy atom. The lowest BCUT2D eigenvalue weighted by molar-refractivity contribution is 0.281. The predicted octanol–water partition coefficient (Wildman–Crippen LogP) is 3.82. The molecule has 0 saturated heterocycles. The fourth-order valence-electron chi connectivity index (χ4n) is 2.52. The first-order valence-electron chi connectivity index (χ1n) is 7.04. The molecular formula is C18H17NO3. The maximum absolute atomic E-state index is 9.80. The maximum Gasteiger partial charge on any atom is 0.173 e. The summed E-state index contributed by atoms with van der Waals surface area (Å²) in [6.07, 6.45) is 0. The van der Waals surface area contributed by atoms with E-state index in [0.717, 1.165) is 16.7 Å². The summed E-state index contributed by atoms with van der Waals surface area (Å²) in [6.45, 7) is 1.86. The third-order valence-corrected chi connectivity index (χ3v) is 3.59. The standard InChI is InChI=1S/C18H17NO3/c1-12-6-5-7-13(10-12)18-15(11-20)17(19-22-18)14-8-3-4-9-16(14)21-2/h3-10,20H,11H2,1-2H3. The normalized spacial score (nSPS) is 10.7. The van der Waals surface area contributed by atoms with Gasteiger partial charge >= 0.3 is 0 Å². The second-order valence-corrected chi connectivity index (χ2v) is 5.07. The lowest BCUT2D eigenvalue weighted by Crippen LogP contribution is -1.92. The molecule has 1 N–H and O–H groups in total. The largest absolute Gasteiger partial charge is 0.496 e. The molecule has 0 fully saturated rings. The van der Waals surface area contributed by atoms with E-state index in [0.29, 0.717) is 22.8 Å². The van der Waals surface area contributed by atoms with Crippen LogP contribution in [0.5, 0.6) is 5.75 Å². The van der Waals surface area contributed by atoms with Crippen LogP contribution < -0.4 is 4.74 Å². The van der Waals surface area contributed by atoms with Crippen LogP contribution in [-0.4, -0.2) is 17.4 Å². The van der Waals surface area contributed by atoms with Gasteiger partial charge in [0.25, 0.3) is 0 Å². The van der Waals surface area contributed by atoms with Gasteiger partial charge in [-0.1, -0.05) is 41.1 Å². The van der Waals surface area contributed by atoms with Crippen LogP contribution in [-0.2, 0) is 6.61 Å². The monoisotopic (exact) mass is 295 g/mol. The number of aryl methyl sites for hydroxylation is 1. The SMILES string of the molecule is COc1ccccc1-c1noc(-c2cccc(C)c2)c1CO. The van der Waals surface area contributed by atoms with Gasteiger partial charge in [0.2, 0.25) is 0 Å². The van der Waals surface area contributed by atoms with Gasteiger partial charge in [0.15, 0.2) is 5.76 Å². The van der Waals surface area contributed by atoms with E-state index < -0.39 is 0 Å². The summed E-state index contributed by atoms with van der Waals surface area (Å²) >= 11 is 0. The zero-order chi connectivity index (χ0) is 15.5. The number of aliphatic hydroxyl groups is 1. The number of ether oxygens (including phenoxy) is 1. The molecule has 0 bridgehead atoms. The van der Waals surface area contributed by atoms with Crippen molar-refractivity contribution in [2.75, 3.05) is 7.11 Å². The van der Waals surface area contributed by atoms with Gasteiger partial charge in [0.05, 0.1) is 19.3 Å². The van der Waals surface area contributed by atoms with E-state index in [4.69, 9.17) is 9.26 Å². The summed E-state index contributed by atoms with van der Waals surface area (Å²) in [5, 5.41) is 14.0. The fourth-order valence-corrected chi connectivity index (χ4v) is 2.52. The zero-order valence-corrected chi connectivity index (χ0v) is 12.5. The predicted molar refractivity (Wildman–Crippen MR) is 84.6 cm³/mol. The molecule has 3 rings (SSSR count). The minimum absolute atomic E-state index is 0.153. The molecule has 0 atom stereocenters. The molecule has 4 heteroatoms. The molecule has 0 unspecified atom stereocenters. The van der Waals surface area contributed by atoms with Gasteiger partial charge in [-0.25, -0.2) is 0 Å². The summed E-state index contributed by atoms with van der Waals surface area (Å²) in [5.74, 6) is 1.29. The molecule has 1 aromatic heterocycles. The summed E-state index contributed by atoms with van der Waals surface area (Å²) in [4.78, 5) is 0. The molecule has 22 heavy (non-hydrogen) atoms. The van der Waals surface area contributed by atoms with E-state index in [1.54, 1.807) is 7.11 Å². The average molecular weight is 295 g/mol. The van der Waals surface area contributed by atoms with Crippen LogP contribution >= 0.6 is 0 Å². The van der Waals surface area contributed by atoms with Crippen LogP contribution in [0.15, 0.2) is 53.1 Å². The van der Waals surface area contributed by atoms with Gasteiger partial charge in [0.1, 0.15) is 11.4 Å². The van der Waals surface area contributed by atoms with Gasteiger partial charge in [-0.15, -0.1) is 0 Å². The molecule has 0 aliphatic heterocycles. The fraction of sp³-hybridized carbons (Fsp3) is 0.167. The molecule has 0 radical (unpaired) electrons. The van der Waals surface area contributed by atoms with Crippen molar-refractivity contribution in [3.63, 3.8) is 0 Å². The number of hydrogen-bond acceptors (Lipinski definition) is 4. The van der Waals surface area contributed by atoms with E-state index in [2.05, 4.69) is 5.16 Å². The van der Waals surface area contributed by atoms with Crippen molar-refractivity contribution in [3.8, 4) is 28.3 Å². The Hall–Kier alpha value is -2.59. The van der Waals surface area contributed by atoms with Crippen molar-refractivity contribution in [2.45, 2.75) is 13.5 Å². The molecule has 0 aliphatic rings. The van der Waals surface area contributed by atoms with Crippen molar-refractivity contribution in [3.05, 3.63) is 59.7 Å². The Kier molecular flexibility index (Phi) is 3.94. The molecule has 0 spiro atoms. The minimum Gasteiger partial charge on any atom is -0.496 e. The molecule has 0 amide bonds. The van der Waals surface area contributed by atoms with Crippen LogP contribution in [0.3, 0.4) is 0 Å². The van der Waals surface area contributed by atoms with Crippen LogP contribution in [0.1, 0.15) is 11.1 Å². The summed E-state index contributed by atoms with van der Waals surface area (Å²) in [5.41, 5.74) is 4.09. The molecule has 1 heterocycles. The first kappa shape index (κ1) is 14.4. The van der Waals surface area contributed by atoms with Crippen molar-refractivity contribution in [2.24, 2.45) is 0 Å². The van der Waals surface area contributed by atoms with Crippen molar-refractivity contribution in [1.29, 1.82) is 0 Å². The molecular weight excluding hydrogens is 278 g/mol. The van der Waals surface area contributed by atoms with Crippen molar-refractivity contribution in [1.82, 2.24) is 5.16 Å². The van der Waals surface area contributed by atoms with Crippen LogP contribution in [0, 0.1) is 6.92 Å². The Morgan fingerprint density at radius 3 is 2.68 bits per heavy atom. The van der Waals surface area contributed by atoms with Gasteiger partial charge in [-0.3, -0.25) is 0 Å². The minimum atomic E-state index is -0.153. The number of benzene rings is 2. The maximum atomic E-state index is 9.80. The van der Waals surface area contributed by atoms with E-state index in [1.165, 1.54) is 0 Å². The highest BCUT2D eigenvalue weighted by atomic mass is 16.5. The second kappa shape index (κ2) is 6.03. The Balaban J connectivity index is 2.16. The van der Waals surface area contributed by atoms with Gasteiger partial charge in [-0.05, 0) is 25.1 Å². The van der Waals surface area contributed by atoms with Crippen LogP contribution in [0.25, 0.3) is 22.6 Å². The van der Waals surface area contributed by atoms with Gasteiger partial charge in [-0.2, -0.15) is 0 Å². The highest BCUT2D eigenvalue weighted by Crippen LogP contribution is 2.36. The third-order valence-electron chi connectivity index (χ3n) is 3.59. The lowest BCUT2D eigenvalue weighted by Gasteiger charge is -2.06. The van der Waals surface area contributed by atoms with E-state index >= 15 is 0 Å². The number of hydrogen-bond donors (Lipinski definition) is 1.